The second kappa shape index (κ2) is 58.7. The predicted octanol–water partition coefficient (Wildman–Crippen LogP) is 23.4. The summed E-state index contributed by atoms with van der Waals surface area (Å²) in [6.45, 7) is 9.12. The fourth-order valence-electron chi connectivity index (χ4n) is 19.6. The second-order valence-electron chi connectivity index (χ2n) is 37.9. The Balaban J connectivity index is 0.000000174. The minimum Gasteiger partial charge on any atom is -0.496 e. The van der Waals surface area contributed by atoms with Gasteiger partial charge in [-0.25, -0.2) is 0 Å². The first kappa shape index (κ1) is 111. The molecule has 4 aliphatic heterocycles. The average molecular weight is 1960 g/mol. The van der Waals surface area contributed by atoms with E-state index >= 15 is 0 Å². The smallest absolute Gasteiger partial charge is 0.306 e. The van der Waals surface area contributed by atoms with E-state index in [4.69, 9.17) is 38.1 Å². The second-order valence-corrected chi connectivity index (χ2v) is 38.8. The Morgan fingerprint density at radius 3 is 1.11 bits per heavy atom. The zero-order valence-corrected chi connectivity index (χ0v) is 85.6. The van der Waals surface area contributed by atoms with E-state index in [0.717, 1.165) is 176 Å². The molecule has 22 heteroatoms. The fraction of sp³-hybridized carbons (Fsp3) is 0.377. The van der Waals surface area contributed by atoms with Crippen LogP contribution < -0.4 is 33.4 Å². The van der Waals surface area contributed by atoms with Crippen molar-refractivity contribution >= 4 is 98.7 Å². The van der Waals surface area contributed by atoms with Crippen LogP contribution in [0.2, 0.25) is 0 Å². The number of hydrogen-bond acceptors (Lipinski definition) is 18. The van der Waals surface area contributed by atoms with E-state index in [1.165, 1.54) is 38.3 Å². The number of benzene rings is 11. The molecule has 4 heterocycles. The number of likely N-dealkylation sites (tertiary alicyclic amines) is 4. The van der Waals surface area contributed by atoms with Crippen LogP contribution in [0.5, 0.6) is 5.75 Å². The maximum absolute atomic E-state index is 13.4. The Morgan fingerprint density at radius 2 is 0.681 bits per heavy atom. The van der Waals surface area contributed by atoms with E-state index in [2.05, 4.69) is 114 Å². The summed E-state index contributed by atoms with van der Waals surface area (Å²) in [6.07, 6.45) is 21.8. The van der Waals surface area contributed by atoms with E-state index in [-0.39, 0.29) is 121 Å². The number of hydrogen-bond donors (Lipinski definition) is 5. The van der Waals surface area contributed by atoms with Crippen molar-refractivity contribution in [2.45, 2.75) is 255 Å². The van der Waals surface area contributed by atoms with Crippen LogP contribution in [-0.2, 0) is 84.8 Å². The molecule has 4 atom stereocenters. The summed E-state index contributed by atoms with van der Waals surface area (Å²) in [4.78, 5) is 134. The number of carbonyl (C=O) groups is 10. The summed E-state index contributed by atoms with van der Waals surface area (Å²) >= 11 is 1.72. The van der Waals surface area contributed by atoms with Crippen LogP contribution in [0.4, 0.5) is 28.4 Å². The number of nitrogens with zero attached hydrogens (tertiary/aromatic N) is 4. The number of carbonyl (C=O) groups excluding carboxylic acids is 10. The normalized spacial score (nSPS) is 15.3. The van der Waals surface area contributed by atoms with E-state index in [0.29, 0.717) is 103 Å². The van der Waals surface area contributed by atoms with Crippen molar-refractivity contribution in [3.05, 3.63) is 340 Å². The van der Waals surface area contributed by atoms with Gasteiger partial charge in [-0.1, -0.05) is 212 Å². The number of nitrogen functional groups attached to an aromatic ring is 5. The number of ether oxygens (including phenoxy) is 2. The molecule has 4 saturated heterocycles. The quantitative estimate of drug-likeness (QED) is 0.0135. The monoisotopic (exact) mass is 1960 g/mol. The number of rotatable bonds is 40. The summed E-state index contributed by atoms with van der Waals surface area (Å²) in [7, 11) is 1.68. The molecule has 0 bridgehead atoms. The van der Waals surface area contributed by atoms with Gasteiger partial charge in [0.2, 0.25) is 23.6 Å². The Bertz CT molecular complexity index is 5910. The van der Waals surface area contributed by atoms with Gasteiger partial charge in [0, 0.05) is 167 Å². The van der Waals surface area contributed by atoms with Crippen molar-refractivity contribution in [3.63, 3.8) is 0 Å². The van der Waals surface area contributed by atoms with Gasteiger partial charge in [0.25, 0.3) is 0 Å². The molecule has 10 N–H and O–H groups in total. The maximum Gasteiger partial charge on any atom is 0.306 e. The van der Waals surface area contributed by atoms with Gasteiger partial charge in [0.15, 0.2) is 0 Å². The van der Waals surface area contributed by atoms with Gasteiger partial charge < -0.3 is 57.7 Å². The number of methoxy groups -OCH3 is 1. The van der Waals surface area contributed by atoms with Crippen LogP contribution in [0, 0.1) is 13.8 Å². The topological polar surface area (TPSA) is 332 Å². The van der Waals surface area contributed by atoms with E-state index < -0.39 is 0 Å². The highest BCUT2D eigenvalue weighted by Gasteiger charge is 2.37. The molecule has 4 unspecified atom stereocenters. The van der Waals surface area contributed by atoms with Crippen molar-refractivity contribution in [1.29, 1.82) is 0 Å². The number of anilines is 5. The number of thioether (sulfide) groups is 1. The zero-order valence-electron chi connectivity index (χ0n) is 84.8. The summed E-state index contributed by atoms with van der Waals surface area (Å²) < 4.78 is 10.4. The molecular formula is C122H147N9O12S. The van der Waals surface area contributed by atoms with Crippen molar-refractivity contribution in [2.24, 2.45) is 0 Å². The lowest BCUT2D eigenvalue weighted by molar-refractivity contribution is -0.144. The van der Waals surface area contributed by atoms with Crippen LogP contribution in [-0.4, -0.2) is 130 Å². The first-order valence-electron chi connectivity index (χ1n) is 51.5. The molecular weight excluding hydrogens is 1820 g/mol. The molecule has 0 spiro atoms. The Morgan fingerprint density at radius 1 is 0.333 bits per heavy atom. The lowest BCUT2D eigenvalue weighted by Crippen LogP contribution is -2.47. The lowest BCUT2D eigenvalue weighted by atomic mass is 9.80. The summed E-state index contributed by atoms with van der Waals surface area (Å²) in [5, 5.41) is 0. The molecule has 758 valence electrons. The van der Waals surface area contributed by atoms with E-state index in [9.17, 15) is 47.9 Å². The Kier molecular flexibility index (Phi) is 45.1. The number of ketones is 5. The zero-order chi connectivity index (χ0) is 102. The van der Waals surface area contributed by atoms with Gasteiger partial charge in [-0.05, 0) is 263 Å². The summed E-state index contributed by atoms with van der Waals surface area (Å²) in [6, 6.07) is 90.7. The minimum atomic E-state index is -0.306. The molecule has 0 radical (unpaired) electrons. The third kappa shape index (κ3) is 35.1. The molecule has 11 aromatic rings. The number of Topliss-reactive ketones (excluding diaryl/α,β-unsaturated/α-hetero) is 5. The van der Waals surface area contributed by atoms with Crippen molar-refractivity contribution in [1.82, 2.24) is 19.6 Å². The highest BCUT2D eigenvalue weighted by atomic mass is 32.2. The molecule has 4 amide bonds. The summed E-state index contributed by atoms with van der Waals surface area (Å²) in [5.41, 5.74) is 48.1. The van der Waals surface area contributed by atoms with Crippen molar-refractivity contribution in [2.75, 3.05) is 74.8 Å². The summed E-state index contributed by atoms with van der Waals surface area (Å²) in [5.74, 6) is 1.66. The number of aryl methyl sites for hydroxylation is 7. The van der Waals surface area contributed by atoms with E-state index in [1.807, 2.05) is 198 Å². The van der Waals surface area contributed by atoms with Crippen LogP contribution >= 0.6 is 11.8 Å². The van der Waals surface area contributed by atoms with Gasteiger partial charge in [-0.3, -0.25) is 47.9 Å². The van der Waals surface area contributed by atoms with Crippen molar-refractivity contribution < 1.29 is 57.4 Å². The fourth-order valence-corrected chi connectivity index (χ4v) is 20.3. The third-order valence-corrected chi connectivity index (χ3v) is 28.4. The number of esters is 1. The predicted molar refractivity (Wildman–Crippen MR) is 581 cm³/mol. The molecule has 11 aromatic carbocycles. The molecule has 0 saturated carbocycles. The van der Waals surface area contributed by atoms with Crippen molar-refractivity contribution in [3.8, 4) is 16.9 Å². The largest absolute Gasteiger partial charge is 0.496 e. The van der Waals surface area contributed by atoms with Crippen LogP contribution in [0.3, 0.4) is 0 Å². The average Bonchev–Trinajstić information content (AvgIpc) is 1.12. The Labute approximate surface area is 856 Å². The lowest BCUT2D eigenvalue weighted by Gasteiger charge is -2.41. The molecule has 144 heavy (non-hydrogen) atoms. The van der Waals surface area contributed by atoms with Crippen LogP contribution in [0.1, 0.15) is 265 Å². The highest BCUT2D eigenvalue weighted by Crippen LogP contribution is 2.43. The molecule has 0 aliphatic carbocycles. The van der Waals surface area contributed by atoms with Gasteiger partial charge >= 0.3 is 5.97 Å². The SMILES string of the molecule is CCOC(=O)CCC(=O)CCc1ccc(N)c(C)c1.COc1c(C)cccc1C1CCCCN1C(=O)CCC(=O)CCc1ccc(N)cc1.CSc1ccccc1C1CCCN1C(=O)CCC(=O)CCc1ccc(N)cc1.Nc1ccc(CCC(=O)CCC(=O)N2CCCCC2C(c2ccccc2)c2ccccc2)cc1.Nc1ccc(CCC(=O)CCC(=O)N2CCCCC2c2ccccc2-c2ccccc2)cc1. The number of nitrogens with two attached hydrogens (primary N) is 5. The molecule has 15 rings (SSSR count). The minimum absolute atomic E-state index is 0.0194. The van der Waals surface area contributed by atoms with Gasteiger partial charge in [-0.2, -0.15) is 0 Å². The molecule has 21 nitrogen and oxygen atoms in total. The third-order valence-electron chi connectivity index (χ3n) is 27.6. The number of piperidine rings is 3. The van der Waals surface area contributed by atoms with Crippen LogP contribution in [0.15, 0.2) is 278 Å². The standard InChI is InChI=1S/C30H34N2O2.C29H32N2O2.C25H32N2O3.C23H28N2O2S.C15H21NO3/c31-26-17-14-23(15-18-26)16-19-27(33)20-21-29(34)32-22-8-7-13-28(32)30(24-9-3-1-4-10-24)25-11-5-2-6-12-25;30-24-16-13-22(14-17-24)15-18-25(32)19-20-29(33)31-21-7-6-12-28(31)27-11-5-4-10-26(27)23-8-2-1-3-9-23;1-18-6-5-7-22(25(18)30-2)23-8-3-4-17-27(23)24(29)16-15-21(28)14-11-19-9-12-20(26)13-10-19;1-28-22-7-3-2-5-20(22)21-6-4-16-25(21)23(27)15-14-19(26)13-10-17-8-11-18(24)12-9-17;1-3-19-15(18)9-7-13(17)6-4-12-5-8-14(16)11(2)10-12/h1-6,9-12,14-15,17-18,28,30H,7-8,13,16,19-22,31H2;1-5,8-11,13-14,16-17,28H,6-7,12,15,18-21,30H2;5-7,9-10,12-13,23H,3-4,8,11,14-17,26H2,1-2H3;2-3,5,7-9,11-12,21H,4,6,10,13-16,24H2,1H3;5,8,10H,3-4,6-7,9,16H2,1-2H3. The van der Waals surface area contributed by atoms with Gasteiger partial charge in [0.1, 0.15) is 34.7 Å². The molecule has 4 aliphatic rings. The molecule has 0 aromatic heterocycles. The number of amides is 4. The maximum atomic E-state index is 13.4. The van der Waals surface area contributed by atoms with Gasteiger partial charge in [0.05, 0.1) is 38.3 Å². The van der Waals surface area contributed by atoms with Crippen LogP contribution in [0.25, 0.3) is 11.1 Å². The first-order valence-corrected chi connectivity index (χ1v) is 52.7. The Hall–Kier alpha value is -13.7. The van der Waals surface area contributed by atoms with Gasteiger partial charge in [-0.15, -0.1) is 11.8 Å². The number of para-hydroxylation sites is 1. The molecule has 4 fully saturated rings. The highest BCUT2D eigenvalue weighted by molar-refractivity contribution is 7.98. The van der Waals surface area contributed by atoms with E-state index in [1.54, 1.807) is 25.8 Å². The first-order chi connectivity index (χ1) is 69.8.